The van der Waals surface area contributed by atoms with Crippen LogP contribution in [0, 0.1) is 29.7 Å². The van der Waals surface area contributed by atoms with E-state index >= 15 is 0 Å². The average Bonchev–Trinajstić information content (AvgIpc) is 0.952. The zero-order valence-corrected chi connectivity index (χ0v) is 73.3. The lowest BCUT2D eigenvalue weighted by Gasteiger charge is -2.04. The van der Waals surface area contributed by atoms with Gasteiger partial charge < -0.3 is 90.4 Å². The number of ether oxygens (including phenoxy) is 6. The first-order chi connectivity index (χ1) is 47.2. The number of rotatable bonds is 16. The largest absolute Gasteiger partial charge is 0.508 e. The van der Waals surface area contributed by atoms with E-state index < -0.39 is 18.4 Å². The summed E-state index contributed by atoms with van der Waals surface area (Å²) in [6.07, 6.45) is 30.3. The van der Waals surface area contributed by atoms with Gasteiger partial charge in [0, 0.05) is 82.4 Å². The molecule has 38 heteroatoms. The molecule has 6 rings (SSSR count). The van der Waals surface area contributed by atoms with E-state index in [0.29, 0.717) is 19.8 Å². The minimum Gasteiger partial charge on any atom is -0.449 e. The Balaban J connectivity index is -0.0000000573. The van der Waals surface area contributed by atoms with E-state index in [9.17, 15) is 19.2 Å². The minimum absolute atomic E-state index is 0. The van der Waals surface area contributed by atoms with Crippen LogP contribution >= 0.6 is 158 Å². The van der Waals surface area contributed by atoms with Crippen LogP contribution in [0.5, 0.6) is 0 Å². The smallest absolute Gasteiger partial charge is 0.449 e. The molecule has 2 saturated heterocycles. The van der Waals surface area contributed by atoms with Crippen LogP contribution in [0.25, 0.3) is 0 Å². The molecule has 0 aromatic heterocycles. The number of carbonyl (C=O) groups excluding carboxylic acids is 12. The third-order valence-corrected chi connectivity index (χ3v) is 15.3. The number of hydrogen-bond donors (Lipinski definition) is 6. The third kappa shape index (κ3) is 158. The normalized spacial score (nSPS) is 9.69. The number of methoxy groups -OCH3 is 2. The molecule has 0 spiro atoms. The lowest BCUT2D eigenvalue weighted by Crippen LogP contribution is -2.20. The van der Waals surface area contributed by atoms with Crippen LogP contribution < -0.4 is 22.1 Å². The van der Waals surface area contributed by atoms with Crippen molar-refractivity contribution in [2.45, 2.75) is 23.0 Å². The van der Waals surface area contributed by atoms with Gasteiger partial charge in [0.05, 0.1) is 14.2 Å². The number of nitrogens with two attached hydrogens (primary N) is 2. The fraction of sp³-hybridized carbons (Fsp3) is 0.406. The third-order valence-electron chi connectivity index (χ3n) is 6.95. The first-order valence-electron chi connectivity index (χ1n) is 26.4. The summed E-state index contributed by atoms with van der Waals surface area (Å²) in [4.78, 5) is 111. The molecule has 2 fully saturated rings. The van der Waals surface area contributed by atoms with E-state index in [1.165, 1.54) is 61.1 Å². The minimum atomic E-state index is -0.655. The Hall–Kier alpha value is -4.30. The van der Waals surface area contributed by atoms with Gasteiger partial charge in [-0.1, -0.05) is 173 Å². The molecule has 0 saturated carbocycles. The molecular formula is C64H108N4O20S14-4. The van der Waals surface area contributed by atoms with E-state index in [-0.39, 0.29) is 67.0 Å². The van der Waals surface area contributed by atoms with Crippen molar-refractivity contribution in [3.05, 3.63) is 162 Å². The van der Waals surface area contributed by atoms with Crippen molar-refractivity contribution in [1.29, 1.82) is 0 Å². The second-order valence-corrected chi connectivity index (χ2v) is 29.0. The van der Waals surface area contributed by atoms with Crippen molar-refractivity contribution in [2.24, 2.45) is 11.5 Å². The highest BCUT2D eigenvalue weighted by molar-refractivity contribution is 8.77. The lowest BCUT2D eigenvalue weighted by molar-refractivity contribution is -0.193. The van der Waals surface area contributed by atoms with Crippen molar-refractivity contribution in [2.75, 3.05) is 154 Å². The number of carbonyl (C=O) groups is 4. The summed E-state index contributed by atoms with van der Waals surface area (Å²) in [5.41, 5.74) is 13.0. The summed E-state index contributed by atoms with van der Waals surface area (Å²) in [5, 5.41) is 18.8. The summed E-state index contributed by atoms with van der Waals surface area (Å²) in [7, 11) is 24.1. The maximum atomic E-state index is 10.8. The molecule has 2 heterocycles. The average molecular weight is 1700 g/mol. The summed E-state index contributed by atoms with van der Waals surface area (Å²) in [5.74, 6) is 7.31. The van der Waals surface area contributed by atoms with Gasteiger partial charge in [-0.2, -0.15) is 85.4 Å². The molecule has 592 valence electrons. The van der Waals surface area contributed by atoms with Gasteiger partial charge in [-0.15, -0.1) is 0 Å². The quantitative estimate of drug-likeness (QED) is 0.0173. The molecule has 102 heavy (non-hydrogen) atoms. The number of benzene rings is 2. The number of amides is 2. The monoisotopic (exact) mass is 1700 g/mol. The Morgan fingerprint density at radius 2 is 0.696 bits per heavy atom. The van der Waals surface area contributed by atoms with Crippen LogP contribution in [0.15, 0.2) is 131 Å². The summed E-state index contributed by atoms with van der Waals surface area (Å²) in [6, 6.07) is 15.8. The number of nitrogens with one attached hydrogen (secondary N) is 2. The van der Waals surface area contributed by atoms with Crippen molar-refractivity contribution in [3.63, 3.8) is 0 Å². The second-order valence-electron chi connectivity index (χ2n) is 13.7. The molecule has 24 nitrogen and oxygen atoms in total. The molecule has 0 unspecified atom stereocenters. The molecule has 2 amide bonds. The van der Waals surface area contributed by atoms with Crippen LogP contribution in [0.1, 0.15) is 11.1 Å². The number of hydrogen-bond acceptors (Lipinski definition) is 36. The molecule has 4 aliphatic rings. The van der Waals surface area contributed by atoms with Gasteiger partial charge in [-0.3, -0.25) is 0 Å². The fourth-order valence-corrected chi connectivity index (χ4v) is 8.52. The Morgan fingerprint density at radius 3 is 0.912 bits per heavy atom. The van der Waals surface area contributed by atoms with Gasteiger partial charge >= 0.3 is 49.1 Å². The molecule has 0 bridgehead atoms. The highest BCUT2D eigenvalue weighted by Crippen LogP contribution is 2.29. The zero-order chi connectivity index (χ0) is 78.3. The van der Waals surface area contributed by atoms with E-state index in [0.717, 1.165) is 57.7 Å². The summed E-state index contributed by atoms with van der Waals surface area (Å²) in [6.45, 7) is 8.88. The van der Waals surface area contributed by atoms with Gasteiger partial charge in [0.25, 0.3) is 0 Å². The molecule has 2 aromatic carbocycles. The van der Waals surface area contributed by atoms with Crippen LogP contribution in [0.3, 0.4) is 0 Å². The summed E-state index contributed by atoms with van der Waals surface area (Å²) >= 11 is 17.2. The molecule has 2 aliphatic heterocycles. The van der Waals surface area contributed by atoms with E-state index in [4.69, 9.17) is 87.2 Å². The zero-order valence-electron chi connectivity index (χ0n) is 61.8. The van der Waals surface area contributed by atoms with Gasteiger partial charge in [-0.25, -0.2) is 19.2 Å². The maximum Gasteiger partial charge on any atom is 0.508 e. The predicted molar refractivity (Wildman–Crippen MR) is 455 cm³/mol. The molecule has 0 radical (unpaired) electrons. The fourth-order valence-electron chi connectivity index (χ4n) is 3.50. The number of thiocarbonyl (C=S) groups is 2. The Bertz CT molecular complexity index is 2160. The van der Waals surface area contributed by atoms with Gasteiger partial charge in [0.15, 0.2) is 0 Å². The number of thioether (sulfide) groups is 4. The maximum absolute atomic E-state index is 10.8. The summed E-state index contributed by atoms with van der Waals surface area (Å²) < 4.78 is 27.6. The molecule has 2 aliphatic carbocycles. The second kappa shape index (κ2) is 133. The van der Waals surface area contributed by atoms with Crippen LogP contribution in [-0.4, -0.2) is 223 Å². The van der Waals surface area contributed by atoms with Crippen molar-refractivity contribution < 1.29 is 96.2 Å². The lowest BCUT2D eigenvalue weighted by atomic mass is 10.1. The Labute approximate surface area is 668 Å². The number of allylic oxidation sites excluding steroid dienone is 10. The van der Waals surface area contributed by atoms with Gasteiger partial charge in [0.2, 0.25) is 0 Å². The number of aliphatic hydroxyl groups excluding tert-OH is 2. The topological polar surface area (TPSA) is 377 Å². The van der Waals surface area contributed by atoms with Gasteiger partial charge in [0.1, 0.15) is 26.4 Å². The number of alkyl carbamates (subject to hydrolysis) is 2. The van der Waals surface area contributed by atoms with Crippen molar-refractivity contribution >= 4 is 217 Å². The van der Waals surface area contributed by atoms with Crippen molar-refractivity contribution in [3.8, 4) is 0 Å². The van der Waals surface area contributed by atoms with Crippen LogP contribution in [0.4, 0.5) is 19.2 Å². The van der Waals surface area contributed by atoms with E-state index in [1.807, 2.05) is 171 Å². The first-order valence-corrected chi connectivity index (χ1v) is 43.3. The van der Waals surface area contributed by atoms with Crippen molar-refractivity contribution in [1.82, 2.24) is 10.6 Å². The van der Waals surface area contributed by atoms with Crippen LogP contribution in [-0.2, 0) is 80.0 Å². The Morgan fingerprint density at radius 1 is 0.461 bits per heavy atom. The standard InChI is InChI=1S/C10H13NO2S2.C10H12O3S2.2C7H6S.C5H11NO2S2.C5H10O3S2.2C2H4S.2C2H6S.2CH5N.4CO2.2CH4O.4CH3/c1-11-10(12)13-7-8-3-5-9(6-4-8)15-14-2;1-12-10(11)13-7-8-3-5-9(6-4-8)15-14-2;2*1-6-2-4-7(8)5-3-6;1-6-5(7)8-3-4-10-9-2;1-7-5(6)8-3-4-10-9-2;2*1-2-3-1;2*1-3-2;2*1-2;4*2-1-3;2*1-2;;;;/h3-6H,7H2,1-2H3,(H,11,12);3-6H,7H2,1-2H3;2*2-5H,1H2;3-4H2,1-2H3,(H,6,7);3-4H2,1-2H3;2*1-2H2;2*1-2H3;2*2H2,1H3;;;;;2*2H,1H3;4*1H3/q;;;;;;;;;;;;;;;;;;4*-1. The van der Waals surface area contributed by atoms with E-state index in [1.54, 1.807) is 124 Å². The molecular weight excluding hydrogens is 1590 g/mol. The molecule has 2 aromatic rings. The Kier molecular flexibility index (Phi) is 178. The highest BCUT2D eigenvalue weighted by Gasteiger charge is 2.03. The molecule has 8 N–H and O–H groups in total. The predicted octanol–water partition coefficient (Wildman–Crippen LogP) is 14.7. The molecule has 0 atom stereocenters. The number of aliphatic hydroxyl groups is 2. The van der Waals surface area contributed by atoms with Gasteiger partial charge in [-0.05, 0) is 135 Å². The first kappa shape index (κ1) is 137. The van der Waals surface area contributed by atoms with E-state index in [2.05, 4.69) is 49.5 Å². The highest BCUT2D eigenvalue weighted by atomic mass is 33.1. The SMILES string of the molecule is C1CS1.C1CS1.C=C1C=CC(=S)C=C1.C=C1C=CC(=S)C=C1.CN.CN.CNC(=O)OCCSSC.CNC(=O)OCc1ccc(SSC)cc1.CO.CO.COC(=O)OCCSSC.COC(=O)OCc1ccc(SSC)cc1.CSC.CSC.O=C=O.O=C=O.O=C=O.O=C=O.[CH3-].[CH3-].[CH3-].[CH3-]. The van der Waals surface area contributed by atoms with Crippen LogP contribution in [0.2, 0.25) is 0 Å².